The fourth-order valence-corrected chi connectivity index (χ4v) is 2.23. The molecule has 0 radical (unpaired) electrons. The predicted octanol–water partition coefficient (Wildman–Crippen LogP) is 3.58. The van der Waals surface area contributed by atoms with Gasteiger partial charge in [-0.1, -0.05) is 47.1 Å². The zero-order valence-corrected chi connectivity index (χ0v) is 12.2. The number of hydrogen-bond acceptors (Lipinski definition) is 4. The van der Waals surface area contributed by atoms with Crippen molar-refractivity contribution in [1.82, 2.24) is 15.4 Å². The Bertz CT molecular complexity index is 838. The molecule has 6 heteroatoms. The van der Waals surface area contributed by atoms with Crippen molar-refractivity contribution in [3.63, 3.8) is 0 Å². The Kier molecular flexibility index (Phi) is 4.03. The van der Waals surface area contributed by atoms with Crippen LogP contribution in [0.2, 0.25) is 5.02 Å². The first kappa shape index (κ1) is 14.1. The van der Waals surface area contributed by atoms with Crippen LogP contribution in [0.25, 0.3) is 11.3 Å². The van der Waals surface area contributed by atoms with Gasteiger partial charge < -0.3 is 4.74 Å². The van der Waals surface area contributed by atoms with E-state index in [9.17, 15) is 0 Å². The first-order valence-electron chi connectivity index (χ1n) is 6.55. The maximum absolute atomic E-state index is 9.02. The number of nitriles is 1. The summed E-state index contributed by atoms with van der Waals surface area (Å²) in [5, 5.41) is 19.8. The van der Waals surface area contributed by atoms with Gasteiger partial charge >= 0.3 is 0 Å². The number of ether oxygens (including phenoxy) is 1. The largest absolute Gasteiger partial charge is 0.487 e. The van der Waals surface area contributed by atoms with E-state index in [0.29, 0.717) is 28.8 Å². The van der Waals surface area contributed by atoms with E-state index in [1.807, 2.05) is 48.5 Å². The highest BCUT2D eigenvalue weighted by Crippen LogP contribution is 2.25. The van der Waals surface area contributed by atoms with Crippen LogP contribution in [0, 0.1) is 11.3 Å². The van der Waals surface area contributed by atoms with Gasteiger partial charge in [0.1, 0.15) is 24.1 Å². The molecule has 0 aliphatic rings. The number of aromatic nitrogens is 3. The minimum Gasteiger partial charge on any atom is -0.487 e. The van der Waals surface area contributed by atoms with Crippen LogP contribution in [0.4, 0.5) is 0 Å². The number of aromatic amines is 1. The molecule has 0 spiro atoms. The third-order valence-corrected chi connectivity index (χ3v) is 3.40. The summed E-state index contributed by atoms with van der Waals surface area (Å²) in [6, 6.07) is 17.0. The van der Waals surface area contributed by atoms with Gasteiger partial charge in [-0.15, -0.1) is 5.10 Å². The molecular formula is C16H11ClN4O. The number of halogens is 1. The summed E-state index contributed by atoms with van der Waals surface area (Å²) in [6.45, 7) is 0.372. The Morgan fingerprint density at radius 3 is 2.86 bits per heavy atom. The third-order valence-electron chi connectivity index (χ3n) is 3.09. The Morgan fingerprint density at radius 1 is 1.18 bits per heavy atom. The molecule has 0 fully saturated rings. The van der Waals surface area contributed by atoms with Crippen LogP contribution < -0.4 is 4.74 Å². The fraction of sp³-hybridized carbons (Fsp3) is 0.0625. The van der Waals surface area contributed by atoms with E-state index in [-0.39, 0.29) is 0 Å². The monoisotopic (exact) mass is 310 g/mol. The summed E-state index contributed by atoms with van der Waals surface area (Å²) in [5.41, 5.74) is 2.63. The molecule has 5 nitrogen and oxygen atoms in total. The van der Waals surface area contributed by atoms with Crippen molar-refractivity contribution < 1.29 is 4.74 Å². The van der Waals surface area contributed by atoms with Crippen molar-refractivity contribution in [1.29, 1.82) is 5.26 Å². The smallest absolute Gasteiger partial charge is 0.163 e. The first-order chi connectivity index (χ1) is 10.8. The number of benzene rings is 2. The molecule has 0 unspecified atom stereocenters. The predicted molar refractivity (Wildman–Crippen MR) is 82.3 cm³/mol. The summed E-state index contributed by atoms with van der Waals surface area (Å²) >= 11 is 6.06. The van der Waals surface area contributed by atoms with Gasteiger partial charge in [0, 0.05) is 5.56 Å². The highest BCUT2D eigenvalue weighted by Gasteiger charge is 2.10. The van der Waals surface area contributed by atoms with E-state index in [4.69, 9.17) is 21.6 Å². The summed E-state index contributed by atoms with van der Waals surface area (Å²) in [6.07, 6.45) is 0. The van der Waals surface area contributed by atoms with Crippen LogP contribution in [0.5, 0.6) is 5.75 Å². The SMILES string of the molecule is N#Cc1[nH]nnc1-c1cccc(COc2ccccc2Cl)c1. The molecule has 0 aliphatic carbocycles. The van der Waals surface area contributed by atoms with Gasteiger partial charge in [-0.2, -0.15) is 5.26 Å². The van der Waals surface area contributed by atoms with Gasteiger partial charge in [0.15, 0.2) is 5.69 Å². The average molecular weight is 311 g/mol. The van der Waals surface area contributed by atoms with Crippen LogP contribution in [-0.4, -0.2) is 15.4 Å². The van der Waals surface area contributed by atoms with Crippen LogP contribution >= 0.6 is 11.6 Å². The van der Waals surface area contributed by atoms with Gasteiger partial charge in [0.25, 0.3) is 0 Å². The van der Waals surface area contributed by atoms with Crippen LogP contribution in [0.1, 0.15) is 11.3 Å². The minimum absolute atomic E-state index is 0.337. The normalized spacial score (nSPS) is 10.2. The standard InChI is InChI=1S/C16H11ClN4O/c17-13-6-1-2-7-15(13)22-10-11-4-3-5-12(8-11)16-14(9-18)19-21-20-16/h1-8H,10H2,(H,19,20,21). The lowest BCUT2D eigenvalue weighted by Gasteiger charge is -2.08. The van der Waals surface area contributed by atoms with Gasteiger partial charge in [0.2, 0.25) is 0 Å². The lowest BCUT2D eigenvalue weighted by Crippen LogP contribution is -1.96. The molecular weight excluding hydrogens is 300 g/mol. The number of hydrogen-bond donors (Lipinski definition) is 1. The minimum atomic E-state index is 0.337. The van der Waals surface area contributed by atoms with E-state index in [1.165, 1.54) is 0 Å². The summed E-state index contributed by atoms with van der Waals surface area (Å²) in [5.74, 6) is 0.633. The van der Waals surface area contributed by atoms with Gasteiger partial charge in [-0.25, -0.2) is 5.10 Å². The van der Waals surface area contributed by atoms with Gasteiger partial charge in [-0.3, -0.25) is 0 Å². The Morgan fingerprint density at radius 2 is 2.05 bits per heavy atom. The molecule has 2 aromatic carbocycles. The van der Waals surface area contributed by atoms with Gasteiger partial charge in [0.05, 0.1) is 5.02 Å². The number of H-pyrrole nitrogens is 1. The Labute approximate surface area is 132 Å². The van der Waals surface area contributed by atoms with E-state index in [2.05, 4.69) is 15.4 Å². The van der Waals surface area contributed by atoms with Gasteiger partial charge in [-0.05, 0) is 23.8 Å². The lowest BCUT2D eigenvalue weighted by molar-refractivity contribution is 0.306. The zero-order valence-electron chi connectivity index (χ0n) is 11.5. The summed E-state index contributed by atoms with van der Waals surface area (Å²) < 4.78 is 5.71. The number of nitrogens with zero attached hydrogens (tertiary/aromatic N) is 3. The van der Waals surface area contributed by atoms with Crippen LogP contribution in [0.3, 0.4) is 0 Å². The molecule has 0 bridgehead atoms. The number of para-hydroxylation sites is 1. The molecule has 108 valence electrons. The highest BCUT2D eigenvalue weighted by atomic mass is 35.5. The Balaban J connectivity index is 1.81. The van der Waals surface area contributed by atoms with Crippen molar-refractivity contribution in [3.05, 3.63) is 64.8 Å². The molecule has 0 saturated heterocycles. The zero-order chi connectivity index (χ0) is 15.4. The first-order valence-corrected chi connectivity index (χ1v) is 6.93. The number of nitrogens with one attached hydrogen (secondary N) is 1. The fourth-order valence-electron chi connectivity index (χ4n) is 2.04. The quantitative estimate of drug-likeness (QED) is 0.799. The van der Waals surface area contributed by atoms with Crippen molar-refractivity contribution in [3.8, 4) is 23.1 Å². The average Bonchev–Trinajstić information content (AvgIpc) is 3.03. The molecule has 0 atom stereocenters. The molecule has 0 saturated carbocycles. The molecule has 0 aliphatic heterocycles. The van der Waals surface area contributed by atoms with Crippen LogP contribution in [-0.2, 0) is 6.61 Å². The van der Waals surface area contributed by atoms with E-state index in [0.717, 1.165) is 11.1 Å². The van der Waals surface area contributed by atoms with Crippen molar-refractivity contribution in [2.24, 2.45) is 0 Å². The van der Waals surface area contributed by atoms with E-state index < -0.39 is 0 Å². The number of rotatable bonds is 4. The third kappa shape index (κ3) is 2.92. The molecule has 3 rings (SSSR count). The second-order valence-corrected chi connectivity index (χ2v) is 4.97. The lowest BCUT2D eigenvalue weighted by atomic mass is 10.1. The van der Waals surface area contributed by atoms with E-state index in [1.54, 1.807) is 6.07 Å². The molecule has 22 heavy (non-hydrogen) atoms. The molecule has 1 N–H and O–H groups in total. The summed E-state index contributed by atoms with van der Waals surface area (Å²) in [7, 11) is 0. The maximum atomic E-state index is 9.02. The molecule has 0 amide bonds. The maximum Gasteiger partial charge on any atom is 0.163 e. The van der Waals surface area contributed by atoms with Crippen molar-refractivity contribution >= 4 is 11.6 Å². The topological polar surface area (TPSA) is 74.6 Å². The summed E-state index contributed by atoms with van der Waals surface area (Å²) in [4.78, 5) is 0. The highest BCUT2D eigenvalue weighted by molar-refractivity contribution is 6.32. The molecule has 1 aromatic heterocycles. The van der Waals surface area contributed by atoms with Crippen LogP contribution in [0.15, 0.2) is 48.5 Å². The Hall–Kier alpha value is -2.84. The second-order valence-electron chi connectivity index (χ2n) is 4.57. The van der Waals surface area contributed by atoms with Crippen molar-refractivity contribution in [2.75, 3.05) is 0 Å². The molecule has 3 aromatic rings. The van der Waals surface area contributed by atoms with E-state index >= 15 is 0 Å². The van der Waals surface area contributed by atoms with Crippen molar-refractivity contribution in [2.45, 2.75) is 6.61 Å². The molecule has 1 heterocycles. The second kappa shape index (κ2) is 6.29.